The van der Waals surface area contributed by atoms with Crippen molar-refractivity contribution in [2.75, 3.05) is 12.3 Å². The average Bonchev–Trinajstić information content (AvgIpc) is 2.48. The Morgan fingerprint density at radius 3 is 2.48 bits per heavy atom. The number of nitrogens with one attached hydrogen (secondary N) is 1. The Morgan fingerprint density at radius 1 is 1.10 bits per heavy atom. The lowest BCUT2D eigenvalue weighted by molar-refractivity contribution is 0.602. The van der Waals surface area contributed by atoms with Gasteiger partial charge >= 0.3 is 0 Å². The van der Waals surface area contributed by atoms with Crippen LogP contribution in [0.1, 0.15) is 29.7 Å². The summed E-state index contributed by atoms with van der Waals surface area (Å²) in [5, 5.41) is 3.55. The number of hydrogen-bond acceptors (Lipinski definition) is 2. The molecule has 1 N–H and O–H groups in total. The highest BCUT2D eigenvalue weighted by atomic mass is 32.2. The Bertz CT molecular complexity index is 580. The van der Waals surface area contributed by atoms with Gasteiger partial charge in [0.05, 0.1) is 0 Å². The Morgan fingerprint density at radius 2 is 1.81 bits per heavy atom. The lowest BCUT2D eigenvalue weighted by atomic mass is 9.98. The summed E-state index contributed by atoms with van der Waals surface area (Å²) >= 11 is 1.76. The van der Waals surface area contributed by atoms with Crippen molar-refractivity contribution in [3.05, 3.63) is 65.0 Å². The number of aryl methyl sites for hydroxylation is 1. The van der Waals surface area contributed by atoms with Gasteiger partial charge in [-0.25, -0.2) is 4.39 Å². The van der Waals surface area contributed by atoms with Crippen molar-refractivity contribution in [1.82, 2.24) is 5.32 Å². The number of rotatable bonds is 6. The topological polar surface area (TPSA) is 12.0 Å². The van der Waals surface area contributed by atoms with Gasteiger partial charge in [0.15, 0.2) is 0 Å². The summed E-state index contributed by atoms with van der Waals surface area (Å²) in [6, 6.07) is 13.5. The fourth-order valence-electron chi connectivity index (χ4n) is 2.37. The third-order valence-corrected chi connectivity index (χ3v) is 4.81. The maximum atomic E-state index is 12.9. The van der Waals surface area contributed by atoms with Crippen LogP contribution in [0.2, 0.25) is 0 Å². The molecule has 21 heavy (non-hydrogen) atoms. The Kier molecular flexibility index (Phi) is 5.83. The molecule has 0 saturated heterocycles. The molecule has 1 unspecified atom stereocenters. The van der Waals surface area contributed by atoms with E-state index in [1.54, 1.807) is 11.8 Å². The van der Waals surface area contributed by atoms with Crippen molar-refractivity contribution in [2.24, 2.45) is 0 Å². The normalized spacial score (nSPS) is 12.4. The van der Waals surface area contributed by atoms with Crippen LogP contribution in [-0.4, -0.2) is 12.3 Å². The summed E-state index contributed by atoms with van der Waals surface area (Å²) in [7, 11) is 0. The molecule has 0 fully saturated rings. The Labute approximate surface area is 131 Å². The lowest BCUT2D eigenvalue weighted by Crippen LogP contribution is -2.24. The van der Waals surface area contributed by atoms with Gasteiger partial charge in [0, 0.05) is 16.7 Å². The van der Waals surface area contributed by atoms with Crippen molar-refractivity contribution in [2.45, 2.75) is 31.7 Å². The second kappa shape index (κ2) is 7.62. The quantitative estimate of drug-likeness (QED) is 0.763. The molecular formula is C18H22FNS. The summed E-state index contributed by atoms with van der Waals surface area (Å²) in [5.41, 5.74) is 4.02. The first kappa shape index (κ1) is 16.1. The van der Waals surface area contributed by atoms with E-state index in [1.807, 2.05) is 12.1 Å². The van der Waals surface area contributed by atoms with Crippen molar-refractivity contribution >= 4 is 11.8 Å². The van der Waals surface area contributed by atoms with Crippen LogP contribution >= 0.6 is 11.8 Å². The number of thioether (sulfide) groups is 1. The molecule has 0 saturated carbocycles. The van der Waals surface area contributed by atoms with Gasteiger partial charge in [-0.05, 0) is 61.3 Å². The molecular weight excluding hydrogens is 281 g/mol. The lowest BCUT2D eigenvalue weighted by Gasteiger charge is -2.21. The van der Waals surface area contributed by atoms with Gasteiger partial charge in [-0.15, -0.1) is 11.8 Å². The van der Waals surface area contributed by atoms with Gasteiger partial charge in [0.2, 0.25) is 0 Å². The molecule has 112 valence electrons. The van der Waals surface area contributed by atoms with Crippen LogP contribution in [-0.2, 0) is 0 Å². The van der Waals surface area contributed by atoms with E-state index < -0.39 is 0 Å². The molecule has 0 aliphatic rings. The Hall–Kier alpha value is -1.32. The maximum Gasteiger partial charge on any atom is 0.123 e. The molecule has 0 heterocycles. The first-order chi connectivity index (χ1) is 10.1. The number of hydrogen-bond donors (Lipinski definition) is 1. The number of benzene rings is 2. The molecule has 0 aliphatic carbocycles. The summed E-state index contributed by atoms with van der Waals surface area (Å²) in [5.74, 6) is 0.751. The van der Waals surface area contributed by atoms with E-state index >= 15 is 0 Å². The molecule has 0 amide bonds. The van der Waals surface area contributed by atoms with E-state index in [1.165, 1.54) is 28.8 Å². The van der Waals surface area contributed by atoms with Crippen LogP contribution < -0.4 is 5.32 Å². The van der Waals surface area contributed by atoms with Crippen LogP contribution in [0.3, 0.4) is 0 Å². The SMILES string of the molecule is CCNC(CSc1ccc(F)cc1)c1cccc(C)c1C. The highest BCUT2D eigenvalue weighted by molar-refractivity contribution is 7.99. The first-order valence-electron chi connectivity index (χ1n) is 7.29. The largest absolute Gasteiger partial charge is 0.309 e. The standard InChI is InChI=1S/C18H22FNS/c1-4-20-18(17-7-5-6-13(2)14(17)3)12-21-16-10-8-15(19)9-11-16/h5-11,18,20H,4,12H2,1-3H3. The second-order valence-electron chi connectivity index (χ2n) is 5.16. The van der Waals surface area contributed by atoms with Gasteiger partial charge in [0.1, 0.15) is 5.82 Å². The second-order valence-corrected chi connectivity index (χ2v) is 6.26. The molecule has 0 spiro atoms. The highest BCUT2D eigenvalue weighted by Gasteiger charge is 2.14. The summed E-state index contributed by atoms with van der Waals surface area (Å²) < 4.78 is 12.9. The average molecular weight is 303 g/mol. The number of halogens is 1. The van der Waals surface area contributed by atoms with Crippen LogP contribution in [0, 0.1) is 19.7 Å². The van der Waals surface area contributed by atoms with Gasteiger partial charge < -0.3 is 5.32 Å². The van der Waals surface area contributed by atoms with Crippen LogP contribution in [0.5, 0.6) is 0 Å². The van der Waals surface area contributed by atoms with E-state index in [4.69, 9.17) is 0 Å². The predicted molar refractivity (Wildman–Crippen MR) is 89.5 cm³/mol. The van der Waals surface area contributed by atoms with Crippen molar-refractivity contribution in [1.29, 1.82) is 0 Å². The summed E-state index contributed by atoms with van der Waals surface area (Å²) in [6.07, 6.45) is 0. The van der Waals surface area contributed by atoms with E-state index in [2.05, 4.69) is 44.3 Å². The van der Waals surface area contributed by atoms with E-state index in [-0.39, 0.29) is 5.82 Å². The van der Waals surface area contributed by atoms with E-state index in [0.29, 0.717) is 6.04 Å². The van der Waals surface area contributed by atoms with Crippen molar-refractivity contribution < 1.29 is 4.39 Å². The monoisotopic (exact) mass is 303 g/mol. The minimum atomic E-state index is -0.183. The zero-order valence-electron chi connectivity index (χ0n) is 12.8. The molecule has 0 aliphatic heterocycles. The Balaban J connectivity index is 2.12. The molecule has 3 heteroatoms. The van der Waals surface area contributed by atoms with Gasteiger partial charge in [-0.3, -0.25) is 0 Å². The molecule has 0 aromatic heterocycles. The minimum Gasteiger partial charge on any atom is -0.309 e. The van der Waals surface area contributed by atoms with Gasteiger partial charge in [-0.1, -0.05) is 25.1 Å². The van der Waals surface area contributed by atoms with Crippen LogP contribution in [0.15, 0.2) is 47.4 Å². The molecule has 2 rings (SSSR count). The maximum absolute atomic E-state index is 12.9. The van der Waals surface area contributed by atoms with Crippen molar-refractivity contribution in [3.8, 4) is 0 Å². The third kappa shape index (κ3) is 4.32. The molecule has 0 bridgehead atoms. The fourth-order valence-corrected chi connectivity index (χ4v) is 3.35. The highest BCUT2D eigenvalue weighted by Crippen LogP contribution is 2.27. The third-order valence-electron chi connectivity index (χ3n) is 3.70. The molecule has 1 nitrogen and oxygen atoms in total. The summed E-state index contributed by atoms with van der Waals surface area (Å²) in [6.45, 7) is 7.38. The van der Waals surface area contributed by atoms with E-state index in [9.17, 15) is 4.39 Å². The van der Waals surface area contributed by atoms with E-state index in [0.717, 1.165) is 17.2 Å². The van der Waals surface area contributed by atoms with Crippen molar-refractivity contribution in [3.63, 3.8) is 0 Å². The fraction of sp³-hybridized carbons (Fsp3) is 0.333. The zero-order chi connectivity index (χ0) is 15.2. The van der Waals surface area contributed by atoms with Crippen LogP contribution in [0.25, 0.3) is 0 Å². The molecule has 2 aromatic rings. The van der Waals surface area contributed by atoms with Gasteiger partial charge in [-0.2, -0.15) is 0 Å². The van der Waals surface area contributed by atoms with Crippen LogP contribution in [0.4, 0.5) is 4.39 Å². The minimum absolute atomic E-state index is 0.183. The molecule has 0 radical (unpaired) electrons. The summed E-state index contributed by atoms with van der Waals surface area (Å²) in [4.78, 5) is 1.10. The smallest absolute Gasteiger partial charge is 0.123 e. The van der Waals surface area contributed by atoms with Gasteiger partial charge in [0.25, 0.3) is 0 Å². The first-order valence-corrected chi connectivity index (χ1v) is 8.28. The zero-order valence-corrected chi connectivity index (χ0v) is 13.6. The predicted octanol–water partition coefficient (Wildman–Crippen LogP) is 4.89. The molecule has 1 atom stereocenters. The molecule has 2 aromatic carbocycles.